The van der Waals surface area contributed by atoms with Gasteiger partial charge in [-0.3, -0.25) is 14.5 Å². The minimum atomic E-state index is -0.301. The molecule has 0 saturated heterocycles. The Morgan fingerprint density at radius 3 is 2.24 bits per heavy atom. The van der Waals surface area contributed by atoms with Gasteiger partial charge in [0.25, 0.3) is 0 Å². The van der Waals surface area contributed by atoms with E-state index in [0.29, 0.717) is 6.61 Å². The van der Waals surface area contributed by atoms with Gasteiger partial charge in [0.2, 0.25) is 5.91 Å². The topological polar surface area (TPSA) is 58.6 Å². The van der Waals surface area contributed by atoms with Gasteiger partial charge in [-0.2, -0.15) is 0 Å². The van der Waals surface area contributed by atoms with Gasteiger partial charge in [0.15, 0.2) is 0 Å². The number of likely N-dealkylation sites (N-methyl/N-ethyl adjacent to an activating group) is 1. The van der Waals surface area contributed by atoms with Gasteiger partial charge in [0.1, 0.15) is 0 Å². The third kappa shape index (κ3) is 7.74. The molecule has 100 valence electrons. The van der Waals surface area contributed by atoms with Crippen molar-refractivity contribution in [2.75, 3.05) is 26.7 Å². The highest BCUT2D eigenvalue weighted by Crippen LogP contribution is 1.96. The molecule has 0 spiro atoms. The highest BCUT2D eigenvalue weighted by molar-refractivity contribution is 5.79. The van der Waals surface area contributed by atoms with Crippen molar-refractivity contribution in [1.82, 2.24) is 10.2 Å². The fraction of sp³-hybridized carbons (Fsp3) is 0.833. The number of carbonyl (C=O) groups excluding carboxylic acids is 2. The zero-order chi connectivity index (χ0) is 13.3. The molecular weight excluding hydrogens is 220 g/mol. The first-order valence-electron chi connectivity index (χ1n) is 6.16. The van der Waals surface area contributed by atoms with Gasteiger partial charge < -0.3 is 10.1 Å². The van der Waals surface area contributed by atoms with Crippen molar-refractivity contribution in [3.8, 4) is 0 Å². The maximum Gasteiger partial charge on any atom is 0.320 e. The normalized spacial score (nSPS) is 10.7. The highest BCUT2D eigenvalue weighted by atomic mass is 16.5. The van der Waals surface area contributed by atoms with E-state index in [9.17, 15) is 9.59 Å². The van der Waals surface area contributed by atoms with Crippen molar-refractivity contribution in [2.45, 2.75) is 39.7 Å². The van der Waals surface area contributed by atoms with E-state index in [0.717, 1.165) is 12.8 Å². The summed E-state index contributed by atoms with van der Waals surface area (Å²) >= 11 is 0. The molecule has 5 nitrogen and oxygen atoms in total. The van der Waals surface area contributed by atoms with Crippen molar-refractivity contribution in [2.24, 2.45) is 0 Å². The predicted octanol–water partition coefficient (Wildman–Crippen LogP) is 0.786. The van der Waals surface area contributed by atoms with Crippen LogP contribution in [0, 0.1) is 0 Å². The summed E-state index contributed by atoms with van der Waals surface area (Å²) in [6.07, 6.45) is 1.84. The molecular formula is C12H24N2O3. The summed E-state index contributed by atoms with van der Waals surface area (Å²) in [6, 6.07) is 0.221. The van der Waals surface area contributed by atoms with Crippen LogP contribution in [0.4, 0.5) is 0 Å². The molecule has 0 aromatic heterocycles. The number of nitrogens with one attached hydrogen (secondary N) is 1. The molecule has 0 saturated carbocycles. The summed E-state index contributed by atoms with van der Waals surface area (Å²) in [6.45, 7) is 6.57. The van der Waals surface area contributed by atoms with Crippen LogP contribution in [0.2, 0.25) is 0 Å². The number of rotatable bonds is 8. The third-order valence-corrected chi connectivity index (χ3v) is 2.47. The first-order chi connectivity index (χ1) is 8.03. The van der Waals surface area contributed by atoms with Gasteiger partial charge in [-0.25, -0.2) is 0 Å². The zero-order valence-electron chi connectivity index (χ0n) is 11.3. The van der Waals surface area contributed by atoms with Gasteiger partial charge in [-0.1, -0.05) is 13.8 Å². The Labute approximate surface area is 103 Å². The molecule has 0 aliphatic carbocycles. The Morgan fingerprint density at radius 2 is 1.76 bits per heavy atom. The molecule has 17 heavy (non-hydrogen) atoms. The number of carbonyl (C=O) groups is 2. The van der Waals surface area contributed by atoms with Crippen LogP contribution in [0.25, 0.3) is 0 Å². The molecule has 0 aliphatic rings. The Morgan fingerprint density at radius 1 is 1.18 bits per heavy atom. The minimum Gasteiger partial charge on any atom is -0.465 e. The Kier molecular flexibility index (Phi) is 8.40. The number of nitrogens with zero attached hydrogens (tertiary/aromatic N) is 1. The number of amides is 1. The Bertz CT molecular complexity index is 240. The monoisotopic (exact) mass is 244 g/mol. The molecule has 0 unspecified atom stereocenters. The predicted molar refractivity (Wildman–Crippen MR) is 66.6 cm³/mol. The van der Waals surface area contributed by atoms with Crippen LogP contribution < -0.4 is 5.32 Å². The molecule has 0 rings (SSSR count). The van der Waals surface area contributed by atoms with Crippen molar-refractivity contribution >= 4 is 11.9 Å². The van der Waals surface area contributed by atoms with Crippen LogP contribution in [0.5, 0.6) is 0 Å². The summed E-state index contributed by atoms with van der Waals surface area (Å²) in [5.41, 5.74) is 0. The smallest absolute Gasteiger partial charge is 0.320 e. The van der Waals surface area contributed by atoms with E-state index in [2.05, 4.69) is 5.32 Å². The fourth-order valence-electron chi connectivity index (χ4n) is 1.49. The van der Waals surface area contributed by atoms with Gasteiger partial charge in [-0.15, -0.1) is 0 Å². The number of esters is 1. The lowest BCUT2D eigenvalue weighted by atomic mass is 10.2. The molecule has 0 heterocycles. The van der Waals surface area contributed by atoms with Gasteiger partial charge in [0, 0.05) is 6.04 Å². The second kappa shape index (κ2) is 8.98. The number of ether oxygens (including phenoxy) is 1. The molecule has 5 heteroatoms. The van der Waals surface area contributed by atoms with Crippen molar-refractivity contribution in [3.05, 3.63) is 0 Å². The minimum absolute atomic E-state index is 0.0505. The largest absolute Gasteiger partial charge is 0.465 e. The standard InChI is InChI=1S/C12H24N2O3/c1-5-10(6-2)13-11(15)8-14(4)9-12(16)17-7-3/h10H,5-9H2,1-4H3,(H,13,15). The lowest BCUT2D eigenvalue weighted by Crippen LogP contribution is -2.42. The van der Waals surface area contributed by atoms with Crippen molar-refractivity contribution in [3.63, 3.8) is 0 Å². The van der Waals surface area contributed by atoms with E-state index in [1.165, 1.54) is 0 Å². The van der Waals surface area contributed by atoms with Gasteiger partial charge in [-0.05, 0) is 26.8 Å². The van der Waals surface area contributed by atoms with E-state index in [1.54, 1.807) is 18.9 Å². The van der Waals surface area contributed by atoms with Gasteiger partial charge in [0.05, 0.1) is 19.7 Å². The lowest BCUT2D eigenvalue weighted by molar-refractivity contribution is -0.144. The van der Waals surface area contributed by atoms with E-state index in [1.807, 2.05) is 13.8 Å². The summed E-state index contributed by atoms with van der Waals surface area (Å²) in [4.78, 5) is 24.4. The quantitative estimate of drug-likeness (QED) is 0.641. The molecule has 1 amide bonds. The molecule has 0 aliphatic heterocycles. The lowest BCUT2D eigenvalue weighted by Gasteiger charge is -2.18. The molecule has 0 atom stereocenters. The average molecular weight is 244 g/mol. The zero-order valence-corrected chi connectivity index (χ0v) is 11.3. The number of hydrogen-bond acceptors (Lipinski definition) is 4. The Balaban J connectivity index is 3.90. The van der Waals surface area contributed by atoms with Crippen LogP contribution in [0.15, 0.2) is 0 Å². The molecule has 0 bridgehead atoms. The fourth-order valence-corrected chi connectivity index (χ4v) is 1.49. The second-order valence-electron chi connectivity index (χ2n) is 4.06. The van der Waals surface area contributed by atoms with E-state index in [4.69, 9.17) is 4.74 Å². The maximum absolute atomic E-state index is 11.6. The molecule has 0 aromatic carbocycles. The molecule has 0 radical (unpaired) electrons. The highest BCUT2D eigenvalue weighted by Gasteiger charge is 2.13. The van der Waals surface area contributed by atoms with E-state index in [-0.39, 0.29) is 31.0 Å². The number of hydrogen-bond donors (Lipinski definition) is 1. The van der Waals surface area contributed by atoms with Crippen molar-refractivity contribution in [1.29, 1.82) is 0 Å². The van der Waals surface area contributed by atoms with Crippen LogP contribution in [-0.2, 0) is 14.3 Å². The summed E-state index contributed by atoms with van der Waals surface area (Å²) in [5.74, 6) is -0.351. The first kappa shape index (κ1) is 15.9. The first-order valence-corrected chi connectivity index (χ1v) is 6.16. The van der Waals surface area contributed by atoms with Crippen LogP contribution >= 0.6 is 0 Å². The Hall–Kier alpha value is -1.10. The van der Waals surface area contributed by atoms with Crippen LogP contribution in [0.1, 0.15) is 33.6 Å². The SMILES string of the molecule is CCOC(=O)CN(C)CC(=O)NC(CC)CC. The average Bonchev–Trinajstić information content (AvgIpc) is 2.25. The van der Waals surface area contributed by atoms with E-state index >= 15 is 0 Å². The summed E-state index contributed by atoms with van der Waals surface area (Å²) in [7, 11) is 1.73. The van der Waals surface area contributed by atoms with Crippen molar-refractivity contribution < 1.29 is 14.3 Å². The van der Waals surface area contributed by atoms with Crippen LogP contribution in [0.3, 0.4) is 0 Å². The van der Waals surface area contributed by atoms with E-state index < -0.39 is 0 Å². The summed E-state index contributed by atoms with van der Waals surface area (Å²) in [5, 5.41) is 2.92. The maximum atomic E-state index is 11.6. The molecule has 0 fully saturated rings. The molecule has 0 aromatic rings. The third-order valence-electron chi connectivity index (χ3n) is 2.47. The molecule has 1 N–H and O–H groups in total. The van der Waals surface area contributed by atoms with Crippen LogP contribution in [-0.4, -0.2) is 49.6 Å². The van der Waals surface area contributed by atoms with Gasteiger partial charge >= 0.3 is 5.97 Å². The second-order valence-corrected chi connectivity index (χ2v) is 4.06. The summed E-state index contributed by atoms with van der Waals surface area (Å²) < 4.78 is 4.81.